The molecule has 0 aliphatic rings. The first kappa shape index (κ1) is 12.9. The fourth-order valence-corrected chi connectivity index (χ4v) is 2.45. The minimum atomic E-state index is 0.214. The molecule has 0 spiro atoms. The van der Waals surface area contributed by atoms with Gasteiger partial charge in [0.25, 0.3) is 0 Å². The molecule has 2 aromatic heterocycles. The van der Waals surface area contributed by atoms with Crippen molar-refractivity contribution >= 4 is 22.0 Å². The zero-order valence-corrected chi connectivity index (χ0v) is 11.4. The predicted octanol–water partition coefficient (Wildman–Crippen LogP) is 3.30. The molecule has 0 saturated carbocycles. The fraction of sp³-hybridized carbons (Fsp3) is 0.312. The molecule has 0 unspecified atom stereocenters. The van der Waals surface area contributed by atoms with Crippen molar-refractivity contribution in [3.63, 3.8) is 0 Å². The maximum Gasteiger partial charge on any atom is 0.230 e. The summed E-state index contributed by atoms with van der Waals surface area (Å²) in [6.07, 6.45) is 2.48. The van der Waals surface area contributed by atoms with E-state index in [1.165, 1.54) is 0 Å². The van der Waals surface area contributed by atoms with Gasteiger partial charge in [0.15, 0.2) is 0 Å². The van der Waals surface area contributed by atoms with E-state index in [1.54, 1.807) is 7.11 Å². The van der Waals surface area contributed by atoms with E-state index in [0.29, 0.717) is 5.71 Å². The molecule has 20 heavy (non-hydrogen) atoms. The number of fused-ring (bicyclic) bond motifs is 2. The van der Waals surface area contributed by atoms with Crippen LogP contribution >= 0.6 is 0 Å². The monoisotopic (exact) mass is 271 g/mol. The van der Waals surface area contributed by atoms with Crippen molar-refractivity contribution in [3.8, 4) is 5.75 Å². The van der Waals surface area contributed by atoms with Crippen LogP contribution in [0.5, 0.6) is 5.75 Å². The van der Waals surface area contributed by atoms with Gasteiger partial charge in [0.2, 0.25) is 5.71 Å². The summed E-state index contributed by atoms with van der Waals surface area (Å²) in [5.74, 6) is 1.69. The smallest absolute Gasteiger partial charge is 0.230 e. The highest BCUT2D eigenvalue weighted by atomic mass is 16.5. The number of hydrogen-bond acceptors (Lipinski definition) is 4. The standard InChI is InChI=1S/C16H17NO3/c1-19-15-12-7-2-3-8-14(12)17-16-13(15)10-11(20-16)6-4-5-9-18/h2-3,7-8,10,18H,4-6,9H2,1H3. The van der Waals surface area contributed by atoms with Crippen LogP contribution in [0, 0.1) is 0 Å². The molecule has 0 aliphatic carbocycles. The minimum Gasteiger partial charge on any atom is -0.495 e. The first-order valence-corrected chi connectivity index (χ1v) is 6.79. The Bertz CT molecular complexity index is 733. The van der Waals surface area contributed by atoms with Crippen molar-refractivity contribution in [3.05, 3.63) is 36.1 Å². The Balaban J connectivity index is 2.10. The van der Waals surface area contributed by atoms with Gasteiger partial charge in [0.1, 0.15) is 11.5 Å². The Morgan fingerprint density at radius 1 is 1.20 bits per heavy atom. The third-order valence-corrected chi connectivity index (χ3v) is 3.41. The van der Waals surface area contributed by atoms with Gasteiger partial charge >= 0.3 is 0 Å². The van der Waals surface area contributed by atoms with Crippen LogP contribution in [0.15, 0.2) is 34.7 Å². The SMILES string of the molecule is COc1c2ccccc2nc2oc(CCCCO)cc12. The van der Waals surface area contributed by atoms with Gasteiger partial charge in [-0.05, 0) is 31.0 Å². The Hall–Kier alpha value is -2.07. The first-order chi connectivity index (χ1) is 9.83. The average molecular weight is 271 g/mol. The van der Waals surface area contributed by atoms with Crippen molar-refractivity contribution in [1.82, 2.24) is 4.98 Å². The molecule has 104 valence electrons. The predicted molar refractivity (Wildman–Crippen MR) is 78.1 cm³/mol. The van der Waals surface area contributed by atoms with Crippen LogP contribution in [0.25, 0.3) is 22.0 Å². The number of hydrogen-bond donors (Lipinski definition) is 1. The van der Waals surface area contributed by atoms with Gasteiger partial charge < -0.3 is 14.3 Å². The molecule has 0 atom stereocenters. The molecule has 0 saturated heterocycles. The van der Waals surface area contributed by atoms with Crippen LogP contribution in [0.2, 0.25) is 0 Å². The number of rotatable bonds is 5. The van der Waals surface area contributed by atoms with Gasteiger partial charge in [-0.25, -0.2) is 4.98 Å². The van der Waals surface area contributed by atoms with E-state index in [2.05, 4.69) is 4.98 Å². The Morgan fingerprint density at radius 3 is 2.85 bits per heavy atom. The van der Waals surface area contributed by atoms with Crippen LogP contribution < -0.4 is 4.74 Å². The van der Waals surface area contributed by atoms with Crippen LogP contribution in [-0.4, -0.2) is 23.8 Å². The van der Waals surface area contributed by atoms with Crippen molar-refractivity contribution in [2.45, 2.75) is 19.3 Å². The molecule has 4 heteroatoms. The summed E-state index contributed by atoms with van der Waals surface area (Å²) in [7, 11) is 1.67. The number of aryl methyl sites for hydroxylation is 1. The van der Waals surface area contributed by atoms with Crippen molar-refractivity contribution < 1.29 is 14.3 Å². The number of benzene rings is 1. The zero-order chi connectivity index (χ0) is 13.9. The van der Waals surface area contributed by atoms with E-state index in [9.17, 15) is 0 Å². The van der Waals surface area contributed by atoms with Crippen molar-refractivity contribution in [2.75, 3.05) is 13.7 Å². The molecule has 3 rings (SSSR count). The van der Waals surface area contributed by atoms with Gasteiger partial charge in [-0.2, -0.15) is 0 Å². The molecule has 0 amide bonds. The van der Waals surface area contributed by atoms with Crippen molar-refractivity contribution in [2.24, 2.45) is 0 Å². The molecule has 0 bridgehead atoms. The molecule has 0 radical (unpaired) electrons. The maximum atomic E-state index is 8.83. The van der Waals surface area contributed by atoms with Crippen LogP contribution in [-0.2, 0) is 6.42 Å². The summed E-state index contributed by atoms with van der Waals surface area (Å²) < 4.78 is 11.3. The molecular formula is C16H17NO3. The van der Waals surface area contributed by atoms with E-state index in [4.69, 9.17) is 14.3 Å². The second-order valence-electron chi connectivity index (χ2n) is 4.77. The van der Waals surface area contributed by atoms with Crippen LogP contribution in [0.4, 0.5) is 0 Å². The Kier molecular flexibility index (Phi) is 3.56. The number of unbranched alkanes of at least 4 members (excludes halogenated alkanes) is 1. The number of ether oxygens (including phenoxy) is 1. The minimum absolute atomic E-state index is 0.214. The quantitative estimate of drug-likeness (QED) is 0.723. The van der Waals surface area contributed by atoms with Crippen LogP contribution in [0.3, 0.4) is 0 Å². The largest absolute Gasteiger partial charge is 0.495 e. The lowest BCUT2D eigenvalue weighted by Gasteiger charge is -2.05. The highest BCUT2D eigenvalue weighted by Gasteiger charge is 2.14. The zero-order valence-electron chi connectivity index (χ0n) is 11.4. The van der Waals surface area contributed by atoms with Gasteiger partial charge in [0.05, 0.1) is 18.0 Å². The molecule has 3 aromatic rings. The second kappa shape index (κ2) is 5.51. The number of pyridine rings is 1. The number of para-hydroxylation sites is 1. The van der Waals surface area contributed by atoms with Crippen molar-refractivity contribution in [1.29, 1.82) is 0 Å². The Morgan fingerprint density at radius 2 is 2.05 bits per heavy atom. The summed E-state index contributed by atoms with van der Waals surface area (Å²) in [6, 6.07) is 9.86. The van der Waals surface area contributed by atoms with E-state index in [0.717, 1.165) is 47.1 Å². The van der Waals surface area contributed by atoms with Gasteiger partial charge in [-0.15, -0.1) is 0 Å². The topological polar surface area (TPSA) is 55.5 Å². The number of aromatic nitrogens is 1. The van der Waals surface area contributed by atoms with Gasteiger partial charge in [-0.1, -0.05) is 12.1 Å². The van der Waals surface area contributed by atoms with E-state index in [1.807, 2.05) is 30.3 Å². The highest BCUT2D eigenvalue weighted by molar-refractivity contribution is 5.99. The van der Waals surface area contributed by atoms with E-state index >= 15 is 0 Å². The van der Waals surface area contributed by atoms with Gasteiger partial charge in [-0.3, -0.25) is 0 Å². The number of aliphatic hydroxyl groups is 1. The first-order valence-electron chi connectivity index (χ1n) is 6.79. The second-order valence-corrected chi connectivity index (χ2v) is 4.77. The average Bonchev–Trinajstić information content (AvgIpc) is 2.87. The third kappa shape index (κ3) is 2.23. The Labute approximate surface area is 117 Å². The number of nitrogens with zero attached hydrogens (tertiary/aromatic N) is 1. The maximum absolute atomic E-state index is 8.83. The summed E-state index contributed by atoms with van der Waals surface area (Å²) in [6.45, 7) is 0.214. The highest BCUT2D eigenvalue weighted by Crippen LogP contribution is 2.34. The summed E-state index contributed by atoms with van der Waals surface area (Å²) >= 11 is 0. The number of methoxy groups -OCH3 is 1. The lowest BCUT2D eigenvalue weighted by Crippen LogP contribution is -1.88. The molecule has 1 N–H and O–H groups in total. The lowest BCUT2D eigenvalue weighted by molar-refractivity contribution is 0.283. The number of furan rings is 1. The van der Waals surface area contributed by atoms with E-state index < -0.39 is 0 Å². The summed E-state index contributed by atoms with van der Waals surface area (Å²) in [5.41, 5.74) is 1.48. The molecule has 2 heterocycles. The van der Waals surface area contributed by atoms with Crippen LogP contribution in [0.1, 0.15) is 18.6 Å². The summed E-state index contributed by atoms with van der Waals surface area (Å²) in [5, 5.41) is 10.7. The normalized spacial score (nSPS) is 11.3. The molecule has 1 aromatic carbocycles. The van der Waals surface area contributed by atoms with Gasteiger partial charge in [0, 0.05) is 18.4 Å². The lowest BCUT2D eigenvalue weighted by atomic mass is 10.1. The molecular weight excluding hydrogens is 254 g/mol. The van der Waals surface area contributed by atoms with E-state index in [-0.39, 0.29) is 6.61 Å². The third-order valence-electron chi connectivity index (χ3n) is 3.41. The fourth-order valence-electron chi connectivity index (χ4n) is 2.45. The summed E-state index contributed by atoms with van der Waals surface area (Å²) in [4.78, 5) is 4.54. The molecule has 4 nitrogen and oxygen atoms in total. The molecule has 0 fully saturated rings. The molecule has 0 aliphatic heterocycles. The number of aliphatic hydroxyl groups excluding tert-OH is 1.